The van der Waals surface area contributed by atoms with Gasteiger partial charge in [0.2, 0.25) is 0 Å². The van der Waals surface area contributed by atoms with Gasteiger partial charge in [0.05, 0.1) is 0 Å². The zero-order valence-corrected chi connectivity index (χ0v) is 11.8. The van der Waals surface area contributed by atoms with Gasteiger partial charge >= 0.3 is 0 Å². The van der Waals surface area contributed by atoms with Crippen molar-refractivity contribution in [3.8, 4) is 5.75 Å². The molecule has 0 unspecified atom stereocenters. The van der Waals surface area contributed by atoms with Crippen molar-refractivity contribution in [3.05, 3.63) is 41.5 Å². The van der Waals surface area contributed by atoms with E-state index in [2.05, 4.69) is 52.5 Å². The van der Waals surface area contributed by atoms with Crippen LogP contribution in [-0.2, 0) is 5.41 Å². The standard InChI is InChI=1S/C17H22O/c1-11(2)13-8-9-16(4)14-10-12(3)6-7-15(14)18-17(13,16)5/h6-7,10,13H,1,8-9H2,2-5H3/t13-,16+,17+/m0/s1. The number of aryl methyl sites for hydroxylation is 1. The lowest BCUT2D eigenvalue weighted by Crippen LogP contribution is -2.47. The highest BCUT2D eigenvalue weighted by Gasteiger charge is 2.62. The molecule has 1 heteroatoms. The first-order valence-electron chi connectivity index (χ1n) is 6.84. The molecule has 0 aromatic heterocycles. The van der Waals surface area contributed by atoms with Crippen molar-refractivity contribution in [2.75, 3.05) is 0 Å². The van der Waals surface area contributed by atoms with E-state index in [-0.39, 0.29) is 11.0 Å². The summed E-state index contributed by atoms with van der Waals surface area (Å²) in [5.74, 6) is 1.55. The molecule has 2 aliphatic rings. The maximum absolute atomic E-state index is 6.39. The lowest BCUT2D eigenvalue weighted by molar-refractivity contribution is 0.0368. The van der Waals surface area contributed by atoms with Crippen LogP contribution in [-0.4, -0.2) is 5.60 Å². The van der Waals surface area contributed by atoms with Crippen molar-refractivity contribution in [3.63, 3.8) is 0 Å². The second kappa shape index (κ2) is 3.40. The molecule has 1 aliphatic heterocycles. The van der Waals surface area contributed by atoms with Crippen LogP contribution in [0.3, 0.4) is 0 Å². The Balaban J connectivity index is 2.16. The lowest BCUT2D eigenvalue weighted by Gasteiger charge is -2.37. The van der Waals surface area contributed by atoms with Crippen LogP contribution in [0.4, 0.5) is 0 Å². The van der Waals surface area contributed by atoms with Gasteiger partial charge in [-0.15, -0.1) is 0 Å². The summed E-state index contributed by atoms with van der Waals surface area (Å²) >= 11 is 0. The van der Waals surface area contributed by atoms with Gasteiger partial charge in [0.25, 0.3) is 0 Å². The average Bonchev–Trinajstić information content (AvgIpc) is 2.66. The van der Waals surface area contributed by atoms with Crippen LogP contribution in [0.1, 0.15) is 44.7 Å². The summed E-state index contributed by atoms with van der Waals surface area (Å²) < 4.78 is 6.39. The van der Waals surface area contributed by atoms with Crippen LogP contribution in [0.25, 0.3) is 0 Å². The van der Waals surface area contributed by atoms with E-state index in [1.807, 2.05) is 0 Å². The van der Waals surface area contributed by atoms with Gasteiger partial charge in [-0.1, -0.05) is 36.8 Å². The topological polar surface area (TPSA) is 9.23 Å². The second-order valence-corrected chi connectivity index (χ2v) is 6.48. The van der Waals surface area contributed by atoms with Crippen molar-refractivity contribution in [1.29, 1.82) is 0 Å². The van der Waals surface area contributed by atoms with Crippen LogP contribution in [0.2, 0.25) is 0 Å². The molecule has 0 spiro atoms. The number of ether oxygens (including phenoxy) is 1. The Kier molecular flexibility index (Phi) is 2.24. The number of hydrogen-bond donors (Lipinski definition) is 0. The molecule has 1 aromatic carbocycles. The molecule has 96 valence electrons. The van der Waals surface area contributed by atoms with Crippen LogP contribution in [0.15, 0.2) is 30.4 Å². The number of fused-ring (bicyclic) bond motifs is 3. The quantitative estimate of drug-likeness (QED) is 0.664. The third-order valence-electron chi connectivity index (χ3n) is 5.34. The van der Waals surface area contributed by atoms with Gasteiger partial charge in [0.1, 0.15) is 11.4 Å². The van der Waals surface area contributed by atoms with Crippen LogP contribution < -0.4 is 4.74 Å². The molecular weight excluding hydrogens is 220 g/mol. The highest BCUT2D eigenvalue weighted by atomic mass is 16.5. The Morgan fingerprint density at radius 1 is 1.39 bits per heavy atom. The minimum atomic E-state index is -0.116. The molecule has 18 heavy (non-hydrogen) atoms. The zero-order chi connectivity index (χ0) is 13.1. The predicted molar refractivity (Wildman–Crippen MR) is 75.1 cm³/mol. The third-order valence-corrected chi connectivity index (χ3v) is 5.34. The fourth-order valence-corrected chi connectivity index (χ4v) is 4.04. The van der Waals surface area contributed by atoms with E-state index in [0.29, 0.717) is 5.92 Å². The van der Waals surface area contributed by atoms with Gasteiger partial charge < -0.3 is 4.74 Å². The smallest absolute Gasteiger partial charge is 0.124 e. The summed E-state index contributed by atoms with van der Waals surface area (Å²) in [5.41, 5.74) is 3.99. The van der Waals surface area contributed by atoms with Crippen molar-refractivity contribution in [2.45, 2.75) is 51.6 Å². The van der Waals surface area contributed by atoms with Crippen LogP contribution >= 0.6 is 0 Å². The van der Waals surface area contributed by atoms with Gasteiger partial charge in [0, 0.05) is 16.9 Å². The van der Waals surface area contributed by atoms with E-state index in [1.165, 1.54) is 29.5 Å². The Morgan fingerprint density at radius 2 is 2.11 bits per heavy atom. The van der Waals surface area contributed by atoms with Gasteiger partial charge in [-0.2, -0.15) is 0 Å². The molecule has 1 nitrogen and oxygen atoms in total. The molecule has 1 fully saturated rings. The first-order chi connectivity index (χ1) is 8.38. The number of rotatable bonds is 1. The Bertz CT molecular complexity index is 530. The van der Waals surface area contributed by atoms with Gasteiger partial charge in [0.15, 0.2) is 0 Å². The van der Waals surface area contributed by atoms with Crippen LogP contribution in [0, 0.1) is 12.8 Å². The van der Waals surface area contributed by atoms with Crippen LogP contribution in [0.5, 0.6) is 5.75 Å². The third kappa shape index (κ3) is 1.23. The minimum absolute atomic E-state index is 0.116. The first-order valence-corrected chi connectivity index (χ1v) is 6.84. The summed E-state index contributed by atoms with van der Waals surface area (Å²) in [6.45, 7) is 13.1. The van der Waals surface area contributed by atoms with Gasteiger partial charge in [-0.3, -0.25) is 0 Å². The van der Waals surface area contributed by atoms with Crippen molar-refractivity contribution >= 4 is 0 Å². The highest BCUT2D eigenvalue weighted by Crippen LogP contribution is 2.61. The minimum Gasteiger partial charge on any atom is -0.486 e. The summed E-state index contributed by atoms with van der Waals surface area (Å²) in [4.78, 5) is 0. The van der Waals surface area contributed by atoms with E-state index >= 15 is 0 Å². The molecule has 3 atom stereocenters. The van der Waals surface area contributed by atoms with E-state index < -0.39 is 0 Å². The first kappa shape index (κ1) is 11.8. The maximum atomic E-state index is 6.39. The van der Waals surface area contributed by atoms with E-state index in [1.54, 1.807) is 0 Å². The van der Waals surface area contributed by atoms with E-state index in [0.717, 1.165) is 5.75 Å². The van der Waals surface area contributed by atoms with E-state index in [4.69, 9.17) is 4.74 Å². The average molecular weight is 242 g/mol. The lowest BCUT2D eigenvalue weighted by atomic mass is 9.70. The van der Waals surface area contributed by atoms with Gasteiger partial charge in [-0.05, 0) is 39.7 Å². The van der Waals surface area contributed by atoms with Crippen molar-refractivity contribution in [1.82, 2.24) is 0 Å². The van der Waals surface area contributed by atoms with Gasteiger partial charge in [-0.25, -0.2) is 0 Å². The maximum Gasteiger partial charge on any atom is 0.124 e. The predicted octanol–water partition coefficient (Wildman–Crippen LogP) is 4.39. The normalized spacial score (nSPS) is 37.0. The summed E-state index contributed by atoms with van der Waals surface area (Å²) in [7, 11) is 0. The molecule has 1 saturated carbocycles. The molecular formula is C17H22O. The fraction of sp³-hybridized carbons (Fsp3) is 0.529. The molecule has 3 rings (SSSR count). The van der Waals surface area contributed by atoms with Crippen molar-refractivity contribution < 1.29 is 4.74 Å². The highest BCUT2D eigenvalue weighted by molar-refractivity contribution is 5.51. The molecule has 1 heterocycles. The Hall–Kier alpha value is -1.24. The van der Waals surface area contributed by atoms with Crippen molar-refractivity contribution in [2.24, 2.45) is 5.92 Å². The zero-order valence-electron chi connectivity index (χ0n) is 11.8. The molecule has 0 saturated heterocycles. The second-order valence-electron chi connectivity index (χ2n) is 6.48. The number of benzene rings is 1. The SMILES string of the molecule is C=C(C)[C@@H]1CC[C@]2(C)c3cc(C)ccc3O[C@]12C. The Labute approximate surface area is 110 Å². The monoisotopic (exact) mass is 242 g/mol. The van der Waals surface area contributed by atoms with E-state index in [9.17, 15) is 0 Å². The summed E-state index contributed by atoms with van der Waals surface area (Å²) in [5, 5.41) is 0. The molecule has 1 aliphatic carbocycles. The molecule has 1 aromatic rings. The fourth-order valence-electron chi connectivity index (χ4n) is 4.04. The Morgan fingerprint density at radius 3 is 2.78 bits per heavy atom. The number of hydrogen-bond acceptors (Lipinski definition) is 1. The summed E-state index contributed by atoms with van der Waals surface area (Å²) in [6.07, 6.45) is 2.38. The summed E-state index contributed by atoms with van der Waals surface area (Å²) in [6, 6.07) is 6.58. The largest absolute Gasteiger partial charge is 0.486 e. The molecule has 0 radical (unpaired) electrons. The molecule has 0 bridgehead atoms. The molecule has 0 N–H and O–H groups in total. The molecule has 0 amide bonds.